The number of benzene rings is 2. The molecule has 206 valence electrons. The van der Waals surface area contributed by atoms with E-state index in [-0.39, 0.29) is 16.5 Å². The maximum absolute atomic E-state index is 14.6. The van der Waals surface area contributed by atoms with Crippen molar-refractivity contribution in [3.05, 3.63) is 109 Å². The predicted molar refractivity (Wildman–Crippen MR) is 152 cm³/mol. The quantitative estimate of drug-likeness (QED) is 0.304. The van der Waals surface area contributed by atoms with Gasteiger partial charge in [0.1, 0.15) is 17.0 Å². The molecule has 4 atom stereocenters. The van der Waals surface area contributed by atoms with Gasteiger partial charge in [-0.15, -0.1) is 11.3 Å². The number of Topliss-reactive ketones (excluding diaryl/α,β-unsaturated/α-hetero) is 1. The highest BCUT2D eigenvalue weighted by Gasteiger charge is 2.59. The number of ketones is 1. The van der Waals surface area contributed by atoms with Gasteiger partial charge in [0, 0.05) is 34.5 Å². The molecule has 0 bridgehead atoms. The number of aromatic nitrogens is 2. The van der Waals surface area contributed by atoms with Crippen LogP contribution < -0.4 is 5.73 Å². The third-order valence-corrected chi connectivity index (χ3v) is 9.24. The smallest absolute Gasteiger partial charge is 0.255 e. The SMILES string of the molecule is Cc1ccccc1C(=O)C1C(c2sccc2C)C(C(N)=O)N(C(=O)c2cccc(F)c2)C1c1c(C)nn(C)c1Cl. The van der Waals surface area contributed by atoms with Crippen LogP contribution in [0.4, 0.5) is 4.39 Å². The molecule has 0 aliphatic carbocycles. The number of likely N-dealkylation sites (tertiary alicyclic amines) is 1. The van der Waals surface area contributed by atoms with Crippen LogP contribution in [0, 0.1) is 32.5 Å². The van der Waals surface area contributed by atoms with Gasteiger partial charge in [0.2, 0.25) is 5.91 Å². The Morgan fingerprint density at radius 1 is 1.02 bits per heavy atom. The van der Waals surface area contributed by atoms with Crippen molar-refractivity contribution in [3.63, 3.8) is 0 Å². The van der Waals surface area contributed by atoms with E-state index in [1.54, 1.807) is 26.1 Å². The summed E-state index contributed by atoms with van der Waals surface area (Å²) in [7, 11) is 1.66. The van der Waals surface area contributed by atoms with Gasteiger partial charge < -0.3 is 10.6 Å². The van der Waals surface area contributed by atoms with E-state index >= 15 is 0 Å². The average molecular weight is 579 g/mol. The minimum Gasteiger partial charge on any atom is -0.368 e. The molecule has 10 heteroatoms. The van der Waals surface area contributed by atoms with Crippen molar-refractivity contribution in [2.75, 3.05) is 0 Å². The van der Waals surface area contributed by atoms with Crippen LogP contribution in [-0.4, -0.2) is 38.3 Å². The molecular formula is C30H28ClFN4O3S. The first-order valence-electron chi connectivity index (χ1n) is 12.7. The Kier molecular flexibility index (Phi) is 7.37. The Morgan fingerprint density at radius 3 is 2.33 bits per heavy atom. The maximum atomic E-state index is 14.6. The first-order valence-corrected chi connectivity index (χ1v) is 14.0. The Bertz CT molecular complexity index is 1650. The molecule has 0 saturated carbocycles. The van der Waals surface area contributed by atoms with Crippen molar-refractivity contribution in [3.8, 4) is 0 Å². The van der Waals surface area contributed by atoms with Crippen LogP contribution in [-0.2, 0) is 11.8 Å². The Morgan fingerprint density at radius 2 is 1.75 bits per heavy atom. The molecule has 2 amide bonds. The first-order chi connectivity index (χ1) is 19.0. The number of rotatable bonds is 6. The van der Waals surface area contributed by atoms with Gasteiger partial charge in [-0.2, -0.15) is 5.10 Å². The van der Waals surface area contributed by atoms with Crippen LogP contribution in [0.15, 0.2) is 60.0 Å². The van der Waals surface area contributed by atoms with Crippen molar-refractivity contribution >= 4 is 40.5 Å². The van der Waals surface area contributed by atoms with E-state index in [1.807, 2.05) is 37.4 Å². The number of aryl methyl sites for hydroxylation is 4. The van der Waals surface area contributed by atoms with Gasteiger partial charge in [0.15, 0.2) is 5.78 Å². The number of carbonyl (C=O) groups excluding carboxylic acids is 3. The lowest BCUT2D eigenvalue weighted by Crippen LogP contribution is -2.46. The van der Waals surface area contributed by atoms with Gasteiger partial charge in [-0.1, -0.05) is 41.9 Å². The minimum atomic E-state index is -1.22. The lowest BCUT2D eigenvalue weighted by molar-refractivity contribution is -0.122. The van der Waals surface area contributed by atoms with Crippen LogP contribution in [0.5, 0.6) is 0 Å². The molecule has 40 heavy (non-hydrogen) atoms. The van der Waals surface area contributed by atoms with Crippen molar-refractivity contribution in [1.29, 1.82) is 0 Å². The number of hydrogen-bond donors (Lipinski definition) is 1. The highest BCUT2D eigenvalue weighted by atomic mass is 35.5. The molecule has 3 heterocycles. The Labute approximate surface area is 240 Å². The molecule has 1 saturated heterocycles. The molecule has 1 aliphatic heterocycles. The monoisotopic (exact) mass is 578 g/mol. The number of thiophene rings is 1. The zero-order valence-corrected chi connectivity index (χ0v) is 24.0. The number of hydrogen-bond acceptors (Lipinski definition) is 5. The molecule has 5 rings (SSSR count). The molecule has 1 fully saturated rings. The molecule has 4 aromatic rings. The Balaban J connectivity index is 1.84. The average Bonchev–Trinajstić information content (AvgIpc) is 3.56. The highest BCUT2D eigenvalue weighted by molar-refractivity contribution is 7.10. The summed E-state index contributed by atoms with van der Waals surface area (Å²) < 4.78 is 15.8. The van der Waals surface area contributed by atoms with E-state index < -0.39 is 41.6 Å². The van der Waals surface area contributed by atoms with Gasteiger partial charge in [0.05, 0.1) is 17.7 Å². The number of amides is 2. The molecule has 2 aromatic carbocycles. The summed E-state index contributed by atoms with van der Waals surface area (Å²) in [6, 6.07) is 12.1. The van der Waals surface area contributed by atoms with Crippen LogP contribution >= 0.6 is 22.9 Å². The van der Waals surface area contributed by atoms with E-state index in [0.29, 0.717) is 16.8 Å². The largest absolute Gasteiger partial charge is 0.368 e. The summed E-state index contributed by atoms with van der Waals surface area (Å²) in [5, 5.41) is 6.57. The van der Waals surface area contributed by atoms with Crippen LogP contribution in [0.3, 0.4) is 0 Å². The molecule has 0 radical (unpaired) electrons. The summed E-state index contributed by atoms with van der Waals surface area (Å²) >= 11 is 8.19. The second-order valence-electron chi connectivity index (χ2n) is 10.1. The molecule has 7 nitrogen and oxygen atoms in total. The number of primary amides is 1. The zero-order valence-electron chi connectivity index (χ0n) is 22.4. The van der Waals surface area contributed by atoms with Crippen LogP contribution in [0.2, 0.25) is 5.15 Å². The second kappa shape index (κ2) is 10.6. The molecule has 2 aromatic heterocycles. The van der Waals surface area contributed by atoms with Gasteiger partial charge in [-0.3, -0.25) is 19.1 Å². The van der Waals surface area contributed by atoms with Crippen LogP contribution in [0.1, 0.15) is 59.9 Å². The highest BCUT2D eigenvalue weighted by Crippen LogP contribution is 2.54. The van der Waals surface area contributed by atoms with E-state index in [1.165, 1.54) is 39.1 Å². The topological polar surface area (TPSA) is 98.3 Å². The third kappa shape index (κ3) is 4.53. The van der Waals surface area contributed by atoms with E-state index in [9.17, 15) is 18.8 Å². The number of nitrogens with zero attached hydrogens (tertiary/aromatic N) is 3. The van der Waals surface area contributed by atoms with E-state index in [2.05, 4.69) is 5.10 Å². The predicted octanol–water partition coefficient (Wildman–Crippen LogP) is 5.53. The fourth-order valence-corrected chi connectivity index (χ4v) is 7.31. The summed E-state index contributed by atoms with van der Waals surface area (Å²) in [4.78, 5) is 44.3. The molecule has 0 spiro atoms. The van der Waals surface area contributed by atoms with Gasteiger partial charge in [0.25, 0.3) is 5.91 Å². The molecule has 1 aliphatic rings. The second-order valence-corrected chi connectivity index (χ2v) is 11.4. The fraction of sp³-hybridized carbons (Fsp3) is 0.267. The third-order valence-electron chi connectivity index (χ3n) is 7.67. The van der Waals surface area contributed by atoms with Gasteiger partial charge in [-0.25, -0.2) is 4.39 Å². The summed E-state index contributed by atoms with van der Waals surface area (Å²) in [6.07, 6.45) is 0. The van der Waals surface area contributed by atoms with Crippen molar-refractivity contribution in [2.45, 2.75) is 38.8 Å². The molecular weight excluding hydrogens is 551 g/mol. The van der Waals surface area contributed by atoms with Gasteiger partial charge in [-0.05, 0) is 61.5 Å². The molecule has 2 N–H and O–H groups in total. The number of carbonyl (C=O) groups is 3. The van der Waals surface area contributed by atoms with Gasteiger partial charge >= 0.3 is 0 Å². The van der Waals surface area contributed by atoms with Crippen molar-refractivity contribution in [2.24, 2.45) is 18.7 Å². The van der Waals surface area contributed by atoms with Crippen molar-refractivity contribution in [1.82, 2.24) is 14.7 Å². The van der Waals surface area contributed by atoms with Crippen LogP contribution in [0.25, 0.3) is 0 Å². The minimum absolute atomic E-state index is 0.0274. The summed E-state index contributed by atoms with van der Waals surface area (Å²) in [5.74, 6) is -3.97. The number of halogens is 2. The number of nitrogens with two attached hydrogens (primary N) is 1. The van der Waals surface area contributed by atoms with E-state index in [0.717, 1.165) is 22.1 Å². The molecule has 4 unspecified atom stereocenters. The summed E-state index contributed by atoms with van der Waals surface area (Å²) in [6.45, 7) is 5.48. The summed E-state index contributed by atoms with van der Waals surface area (Å²) in [5.41, 5.74) is 9.14. The zero-order chi connectivity index (χ0) is 28.9. The fourth-order valence-electron chi connectivity index (χ4n) is 5.92. The first kappa shape index (κ1) is 27.7. The standard InChI is InChI=1S/C30H28ClFN4O3S/c1-15-8-5-6-11-20(15)26(37)22-23(27-16(2)12-13-40-27)25(29(33)38)36(30(39)18-9-7-10-19(32)14-18)24(22)21-17(3)34-35(4)28(21)31/h5-14,22-25H,1-4H3,(H2,33,38). The normalized spacial score (nSPS) is 20.6. The maximum Gasteiger partial charge on any atom is 0.255 e. The Hall–Kier alpha value is -3.82. The van der Waals surface area contributed by atoms with Crippen molar-refractivity contribution < 1.29 is 18.8 Å². The lowest BCUT2D eigenvalue weighted by atomic mass is 9.77. The van der Waals surface area contributed by atoms with E-state index in [4.69, 9.17) is 17.3 Å². The lowest BCUT2D eigenvalue weighted by Gasteiger charge is -2.31.